The van der Waals surface area contributed by atoms with Crippen LogP contribution in [0, 0.1) is 12.3 Å². The maximum atomic E-state index is 12.8. The van der Waals surface area contributed by atoms with Gasteiger partial charge in [0.2, 0.25) is 17.7 Å². The van der Waals surface area contributed by atoms with Crippen LogP contribution in [0.25, 0.3) is 0 Å². The van der Waals surface area contributed by atoms with Gasteiger partial charge in [-0.2, -0.15) is 4.98 Å². The molecule has 2 amide bonds. The number of rotatable bonds is 4. The van der Waals surface area contributed by atoms with E-state index in [1.807, 2.05) is 34.1 Å². The number of carbonyl (C=O) groups excluding carboxylic acids is 2. The Morgan fingerprint density at radius 2 is 2.04 bits per heavy atom. The standard InChI is InChI=1S/C20H24N4O4/c1-13-21-19(28-22-13)17-9-23(14(2)25)10-20(17)11-24(12-20)18(26)8-15-5-4-6-16(7-15)27-3/h4-7,17H,8-12H2,1-3H3. The van der Waals surface area contributed by atoms with E-state index in [2.05, 4.69) is 10.1 Å². The SMILES string of the molecule is COc1cccc(CC(=O)N2CC3(CN(C(C)=O)CC3c3nc(C)no3)C2)c1. The summed E-state index contributed by atoms with van der Waals surface area (Å²) in [5.74, 6) is 1.93. The van der Waals surface area contributed by atoms with Crippen molar-refractivity contribution in [2.75, 3.05) is 33.3 Å². The molecule has 28 heavy (non-hydrogen) atoms. The number of benzene rings is 1. The zero-order chi connectivity index (χ0) is 19.9. The van der Waals surface area contributed by atoms with Gasteiger partial charge in [0.1, 0.15) is 5.75 Å². The lowest BCUT2D eigenvalue weighted by Crippen LogP contribution is -2.62. The van der Waals surface area contributed by atoms with Gasteiger partial charge < -0.3 is 19.1 Å². The van der Waals surface area contributed by atoms with Crippen LogP contribution in [-0.4, -0.2) is 65.0 Å². The second-order valence-corrected chi connectivity index (χ2v) is 7.77. The van der Waals surface area contributed by atoms with Gasteiger partial charge in [0.25, 0.3) is 0 Å². The van der Waals surface area contributed by atoms with Crippen LogP contribution in [0.2, 0.25) is 0 Å². The maximum absolute atomic E-state index is 12.8. The molecule has 0 N–H and O–H groups in total. The summed E-state index contributed by atoms with van der Waals surface area (Å²) in [6, 6.07) is 7.55. The zero-order valence-electron chi connectivity index (χ0n) is 16.3. The summed E-state index contributed by atoms with van der Waals surface area (Å²) in [6.07, 6.45) is 0.327. The van der Waals surface area contributed by atoms with E-state index < -0.39 is 0 Å². The van der Waals surface area contributed by atoms with E-state index in [0.29, 0.717) is 44.3 Å². The number of aryl methyl sites for hydroxylation is 1. The van der Waals surface area contributed by atoms with Crippen molar-refractivity contribution < 1.29 is 18.8 Å². The van der Waals surface area contributed by atoms with E-state index >= 15 is 0 Å². The number of amides is 2. The number of ether oxygens (including phenoxy) is 1. The first-order chi connectivity index (χ1) is 13.4. The van der Waals surface area contributed by atoms with Crippen molar-refractivity contribution in [1.29, 1.82) is 0 Å². The highest BCUT2D eigenvalue weighted by molar-refractivity contribution is 5.80. The molecule has 2 aliphatic heterocycles. The lowest BCUT2D eigenvalue weighted by Gasteiger charge is -2.50. The molecule has 1 aromatic heterocycles. The van der Waals surface area contributed by atoms with Gasteiger partial charge in [-0.3, -0.25) is 9.59 Å². The molecule has 0 radical (unpaired) electrons. The monoisotopic (exact) mass is 384 g/mol. The summed E-state index contributed by atoms with van der Waals surface area (Å²) < 4.78 is 10.6. The molecular weight excluding hydrogens is 360 g/mol. The molecule has 1 unspecified atom stereocenters. The summed E-state index contributed by atoms with van der Waals surface area (Å²) in [5.41, 5.74) is 0.709. The Morgan fingerprint density at radius 3 is 2.68 bits per heavy atom. The van der Waals surface area contributed by atoms with Crippen LogP contribution in [0.5, 0.6) is 5.75 Å². The molecule has 8 heteroatoms. The average Bonchev–Trinajstić information content (AvgIpc) is 3.24. The molecule has 1 atom stereocenters. The summed E-state index contributed by atoms with van der Waals surface area (Å²) in [7, 11) is 1.61. The summed E-state index contributed by atoms with van der Waals surface area (Å²) in [5, 5.41) is 3.90. The maximum Gasteiger partial charge on any atom is 0.232 e. The first kappa shape index (κ1) is 18.5. The molecule has 2 saturated heterocycles. The smallest absolute Gasteiger partial charge is 0.232 e. The number of aromatic nitrogens is 2. The van der Waals surface area contributed by atoms with Crippen molar-refractivity contribution in [2.45, 2.75) is 26.2 Å². The number of nitrogens with zero attached hydrogens (tertiary/aromatic N) is 4. The number of methoxy groups -OCH3 is 1. The van der Waals surface area contributed by atoms with E-state index in [1.165, 1.54) is 0 Å². The topological polar surface area (TPSA) is 88.8 Å². The molecule has 2 fully saturated rings. The fourth-order valence-electron chi connectivity index (χ4n) is 4.28. The lowest BCUT2D eigenvalue weighted by molar-refractivity contribution is -0.143. The highest BCUT2D eigenvalue weighted by atomic mass is 16.5. The molecule has 0 aliphatic carbocycles. The molecule has 4 rings (SSSR count). The van der Waals surface area contributed by atoms with Crippen LogP contribution in [0.3, 0.4) is 0 Å². The van der Waals surface area contributed by atoms with Crippen LogP contribution >= 0.6 is 0 Å². The van der Waals surface area contributed by atoms with Crippen LogP contribution < -0.4 is 4.74 Å². The fraction of sp³-hybridized carbons (Fsp3) is 0.500. The zero-order valence-corrected chi connectivity index (χ0v) is 16.3. The molecular formula is C20H24N4O4. The highest BCUT2D eigenvalue weighted by Crippen LogP contribution is 2.48. The molecule has 8 nitrogen and oxygen atoms in total. The first-order valence-corrected chi connectivity index (χ1v) is 9.36. The molecule has 3 heterocycles. The van der Waals surface area contributed by atoms with Crippen LogP contribution in [0.1, 0.15) is 30.1 Å². The van der Waals surface area contributed by atoms with Crippen molar-refractivity contribution in [3.63, 3.8) is 0 Å². The Bertz CT molecular complexity index is 903. The Labute approximate surface area is 163 Å². The molecule has 2 aromatic rings. The van der Waals surface area contributed by atoms with E-state index in [4.69, 9.17) is 9.26 Å². The summed E-state index contributed by atoms with van der Waals surface area (Å²) >= 11 is 0. The molecule has 1 aromatic carbocycles. The van der Waals surface area contributed by atoms with Crippen LogP contribution in [-0.2, 0) is 16.0 Å². The third kappa shape index (κ3) is 3.23. The highest BCUT2D eigenvalue weighted by Gasteiger charge is 2.58. The lowest BCUT2D eigenvalue weighted by atomic mass is 9.71. The molecule has 0 bridgehead atoms. The Hall–Kier alpha value is -2.90. The van der Waals surface area contributed by atoms with Gasteiger partial charge in [0, 0.05) is 38.5 Å². The van der Waals surface area contributed by atoms with Gasteiger partial charge in [-0.15, -0.1) is 0 Å². The number of hydrogen-bond donors (Lipinski definition) is 0. The van der Waals surface area contributed by atoms with Crippen molar-refractivity contribution in [3.05, 3.63) is 41.5 Å². The fourth-order valence-corrected chi connectivity index (χ4v) is 4.28. The number of hydrogen-bond acceptors (Lipinski definition) is 6. The van der Waals surface area contributed by atoms with Gasteiger partial charge >= 0.3 is 0 Å². The van der Waals surface area contributed by atoms with E-state index in [1.54, 1.807) is 21.0 Å². The minimum atomic E-state index is -0.214. The first-order valence-electron chi connectivity index (χ1n) is 9.36. The second kappa shape index (κ2) is 6.92. The van der Waals surface area contributed by atoms with E-state index in [0.717, 1.165) is 11.3 Å². The third-order valence-corrected chi connectivity index (χ3v) is 5.79. The predicted molar refractivity (Wildman–Crippen MR) is 99.7 cm³/mol. The summed E-state index contributed by atoms with van der Waals surface area (Å²) in [4.78, 5) is 32.7. The third-order valence-electron chi connectivity index (χ3n) is 5.79. The van der Waals surface area contributed by atoms with E-state index in [-0.39, 0.29) is 23.1 Å². The number of likely N-dealkylation sites (tertiary alicyclic amines) is 2. The molecule has 2 aliphatic rings. The summed E-state index contributed by atoms with van der Waals surface area (Å²) in [6.45, 7) is 5.69. The Kier molecular flexibility index (Phi) is 4.56. The van der Waals surface area contributed by atoms with Gasteiger partial charge in [-0.25, -0.2) is 0 Å². The van der Waals surface area contributed by atoms with Crippen molar-refractivity contribution >= 4 is 11.8 Å². The Morgan fingerprint density at radius 1 is 1.29 bits per heavy atom. The Balaban J connectivity index is 1.47. The molecule has 0 saturated carbocycles. The van der Waals surface area contributed by atoms with Crippen molar-refractivity contribution in [1.82, 2.24) is 19.9 Å². The van der Waals surface area contributed by atoms with Gasteiger partial charge in [0.05, 0.1) is 19.4 Å². The van der Waals surface area contributed by atoms with Gasteiger partial charge in [0.15, 0.2) is 5.82 Å². The number of carbonyl (C=O) groups is 2. The van der Waals surface area contributed by atoms with Crippen molar-refractivity contribution in [2.24, 2.45) is 5.41 Å². The largest absolute Gasteiger partial charge is 0.497 e. The van der Waals surface area contributed by atoms with Gasteiger partial charge in [-0.1, -0.05) is 17.3 Å². The van der Waals surface area contributed by atoms with Crippen LogP contribution in [0.4, 0.5) is 0 Å². The quantitative estimate of drug-likeness (QED) is 0.792. The minimum absolute atomic E-state index is 0.0271. The molecule has 148 valence electrons. The van der Waals surface area contributed by atoms with Gasteiger partial charge in [-0.05, 0) is 24.6 Å². The van der Waals surface area contributed by atoms with Crippen LogP contribution in [0.15, 0.2) is 28.8 Å². The normalized spacial score (nSPS) is 20.3. The molecule has 1 spiro atoms. The predicted octanol–water partition coefficient (Wildman–Crippen LogP) is 1.40. The van der Waals surface area contributed by atoms with E-state index in [9.17, 15) is 9.59 Å². The van der Waals surface area contributed by atoms with Crippen molar-refractivity contribution in [3.8, 4) is 5.75 Å². The average molecular weight is 384 g/mol. The second-order valence-electron chi connectivity index (χ2n) is 7.77. The minimum Gasteiger partial charge on any atom is -0.497 e.